The minimum atomic E-state index is -3.34. The second kappa shape index (κ2) is 7.81. The van der Waals surface area contributed by atoms with Crippen LogP contribution in [0.15, 0.2) is 57.9 Å². The Balaban J connectivity index is 1.96. The van der Waals surface area contributed by atoms with E-state index in [9.17, 15) is 13.2 Å². The maximum absolute atomic E-state index is 12.4. The number of rotatable bonds is 6. The zero-order valence-electron chi connectivity index (χ0n) is 13.4. The molecule has 24 heavy (non-hydrogen) atoms. The van der Waals surface area contributed by atoms with Crippen molar-refractivity contribution in [1.29, 1.82) is 0 Å². The van der Waals surface area contributed by atoms with E-state index in [1.54, 1.807) is 19.2 Å². The summed E-state index contributed by atoms with van der Waals surface area (Å²) in [5.41, 5.74) is 0.337. The van der Waals surface area contributed by atoms with Crippen molar-refractivity contribution in [3.8, 4) is 5.75 Å². The first-order valence-corrected chi connectivity index (χ1v) is 9.90. The van der Waals surface area contributed by atoms with Gasteiger partial charge in [0.1, 0.15) is 12.4 Å². The van der Waals surface area contributed by atoms with Gasteiger partial charge in [-0.2, -0.15) is 0 Å². The third-order valence-corrected chi connectivity index (χ3v) is 5.00. The first kappa shape index (κ1) is 18.5. The van der Waals surface area contributed by atoms with E-state index in [0.717, 1.165) is 16.5 Å². The summed E-state index contributed by atoms with van der Waals surface area (Å²) in [5.74, 6) is 0.470. The molecule has 0 bridgehead atoms. The summed E-state index contributed by atoms with van der Waals surface area (Å²) in [7, 11) is -1.69. The summed E-state index contributed by atoms with van der Waals surface area (Å²) in [6.07, 6.45) is 1.12. The van der Waals surface area contributed by atoms with Crippen LogP contribution in [0, 0.1) is 0 Å². The molecule has 0 atom stereocenters. The zero-order valence-corrected chi connectivity index (χ0v) is 15.8. The smallest absolute Gasteiger partial charge is 0.253 e. The number of amides is 1. The van der Waals surface area contributed by atoms with Crippen molar-refractivity contribution < 1.29 is 17.9 Å². The van der Waals surface area contributed by atoms with Crippen LogP contribution in [0.1, 0.15) is 10.4 Å². The molecule has 0 aliphatic heterocycles. The van der Waals surface area contributed by atoms with Crippen LogP contribution in [0.2, 0.25) is 0 Å². The van der Waals surface area contributed by atoms with Gasteiger partial charge < -0.3 is 9.64 Å². The van der Waals surface area contributed by atoms with E-state index in [-0.39, 0.29) is 10.8 Å². The molecule has 0 saturated carbocycles. The quantitative estimate of drug-likeness (QED) is 0.732. The van der Waals surface area contributed by atoms with E-state index in [0.29, 0.717) is 18.7 Å². The van der Waals surface area contributed by atoms with Gasteiger partial charge in [-0.15, -0.1) is 0 Å². The standard InChI is InChI=1S/C17H18BrNO4S/c1-19(10-11-23-15-8-6-14(18)7-9-15)17(20)13-4-3-5-16(12-13)24(2,21)22/h3-9,12H,10-11H2,1-2H3. The van der Waals surface area contributed by atoms with Crippen LogP contribution < -0.4 is 4.74 Å². The Kier molecular flexibility index (Phi) is 6.01. The van der Waals surface area contributed by atoms with Crippen molar-refractivity contribution in [1.82, 2.24) is 4.90 Å². The Morgan fingerprint density at radius 3 is 2.46 bits per heavy atom. The molecule has 0 aliphatic rings. The van der Waals surface area contributed by atoms with Crippen LogP contribution in [0.25, 0.3) is 0 Å². The number of hydrogen-bond acceptors (Lipinski definition) is 4. The first-order valence-electron chi connectivity index (χ1n) is 7.21. The molecule has 0 spiro atoms. The largest absolute Gasteiger partial charge is 0.492 e. The SMILES string of the molecule is CN(CCOc1ccc(Br)cc1)C(=O)c1cccc(S(C)(=O)=O)c1. The molecule has 0 heterocycles. The summed E-state index contributed by atoms with van der Waals surface area (Å²) in [6, 6.07) is 13.5. The Morgan fingerprint density at radius 2 is 1.83 bits per heavy atom. The minimum Gasteiger partial charge on any atom is -0.492 e. The topological polar surface area (TPSA) is 63.7 Å². The number of hydrogen-bond donors (Lipinski definition) is 0. The average Bonchev–Trinajstić information content (AvgIpc) is 2.55. The molecule has 0 saturated heterocycles. The summed E-state index contributed by atoms with van der Waals surface area (Å²) in [5, 5.41) is 0. The predicted octanol–water partition coefficient (Wildman–Crippen LogP) is 3.00. The van der Waals surface area contributed by atoms with Crippen LogP contribution in [-0.2, 0) is 9.84 Å². The molecule has 2 aromatic rings. The Morgan fingerprint density at radius 1 is 1.17 bits per heavy atom. The molecule has 7 heteroatoms. The van der Waals surface area contributed by atoms with E-state index in [2.05, 4.69) is 15.9 Å². The molecule has 0 radical (unpaired) electrons. The van der Waals surface area contributed by atoms with Gasteiger partial charge in [-0.25, -0.2) is 8.42 Å². The predicted molar refractivity (Wildman–Crippen MR) is 96.1 cm³/mol. The highest BCUT2D eigenvalue weighted by atomic mass is 79.9. The monoisotopic (exact) mass is 411 g/mol. The molecule has 0 unspecified atom stereocenters. The van der Waals surface area contributed by atoms with Gasteiger partial charge >= 0.3 is 0 Å². The highest BCUT2D eigenvalue weighted by molar-refractivity contribution is 9.10. The lowest BCUT2D eigenvalue weighted by atomic mass is 10.2. The van der Waals surface area contributed by atoms with Crippen molar-refractivity contribution in [2.24, 2.45) is 0 Å². The highest BCUT2D eigenvalue weighted by Crippen LogP contribution is 2.16. The van der Waals surface area contributed by atoms with Gasteiger partial charge in [-0.3, -0.25) is 4.79 Å². The molecular weight excluding hydrogens is 394 g/mol. The lowest BCUT2D eigenvalue weighted by molar-refractivity contribution is 0.0773. The van der Waals surface area contributed by atoms with Crippen molar-refractivity contribution >= 4 is 31.7 Å². The Hall–Kier alpha value is -1.86. The molecule has 5 nitrogen and oxygen atoms in total. The van der Waals surface area contributed by atoms with Gasteiger partial charge in [-0.05, 0) is 42.5 Å². The molecule has 0 fully saturated rings. The van der Waals surface area contributed by atoms with Crippen LogP contribution >= 0.6 is 15.9 Å². The van der Waals surface area contributed by atoms with Crippen LogP contribution in [-0.4, -0.2) is 45.7 Å². The third kappa shape index (κ3) is 5.07. The molecule has 0 N–H and O–H groups in total. The minimum absolute atomic E-state index is 0.132. The highest BCUT2D eigenvalue weighted by Gasteiger charge is 2.15. The van der Waals surface area contributed by atoms with Gasteiger partial charge in [0, 0.05) is 23.3 Å². The summed E-state index contributed by atoms with van der Waals surface area (Å²) in [4.78, 5) is 14.0. The van der Waals surface area contributed by atoms with Crippen molar-refractivity contribution in [2.45, 2.75) is 4.90 Å². The van der Waals surface area contributed by atoms with Crippen LogP contribution in [0.4, 0.5) is 0 Å². The lowest BCUT2D eigenvalue weighted by Gasteiger charge is -2.18. The van der Waals surface area contributed by atoms with Crippen molar-refractivity contribution in [2.75, 3.05) is 26.5 Å². The number of benzene rings is 2. The van der Waals surface area contributed by atoms with Crippen LogP contribution in [0.3, 0.4) is 0 Å². The maximum Gasteiger partial charge on any atom is 0.253 e. The van der Waals surface area contributed by atoms with Gasteiger partial charge in [-0.1, -0.05) is 22.0 Å². The summed E-state index contributed by atoms with van der Waals surface area (Å²) >= 11 is 3.35. The molecule has 1 amide bonds. The summed E-state index contributed by atoms with van der Waals surface area (Å²) < 4.78 is 29.7. The second-order valence-electron chi connectivity index (χ2n) is 5.33. The molecule has 2 rings (SSSR count). The second-order valence-corrected chi connectivity index (χ2v) is 8.26. The Labute approximate surface area is 150 Å². The number of halogens is 1. The normalized spacial score (nSPS) is 11.1. The van der Waals surface area contributed by atoms with Crippen molar-refractivity contribution in [3.05, 3.63) is 58.6 Å². The van der Waals surface area contributed by atoms with Gasteiger partial charge in [0.25, 0.3) is 5.91 Å². The van der Waals surface area contributed by atoms with Crippen LogP contribution in [0.5, 0.6) is 5.75 Å². The van der Waals surface area contributed by atoms with Gasteiger partial charge in [0.2, 0.25) is 0 Å². The zero-order chi connectivity index (χ0) is 17.7. The number of likely N-dealkylation sites (N-methyl/N-ethyl adjacent to an activating group) is 1. The van der Waals surface area contributed by atoms with Crippen molar-refractivity contribution in [3.63, 3.8) is 0 Å². The maximum atomic E-state index is 12.4. The Bertz CT molecular complexity index is 819. The fourth-order valence-electron chi connectivity index (χ4n) is 2.01. The van der Waals surface area contributed by atoms with E-state index >= 15 is 0 Å². The third-order valence-electron chi connectivity index (χ3n) is 3.36. The number of sulfone groups is 1. The molecule has 2 aromatic carbocycles. The number of ether oxygens (including phenoxy) is 1. The number of nitrogens with zero attached hydrogens (tertiary/aromatic N) is 1. The first-order chi connectivity index (χ1) is 11.3. The summed E-state index contributed by atoms with van der Waals surface area (Å²) in [6.45, 7) is 0.730. The lowest BCUT2D eigenvalue weighted by Crippen LogP contribution is -2.31. The van der Waals surface area contributed by atoms with E-state index in [4.69, 9.17) is 4.74 Å². The van der Waals surface area contributed by atoms with Gasteiger partial charge in [0.15, 0.2) is 9.84 Å². The molecular formula is C17H18BrNO4S. The molecule has 0 aromatic heterocycles. The average molecular weight is 412 g/mol. The van der Waals surface area contributed by atoms with E-state index < -0.39 is 9.84 Å². The number of carbonyl (C=O) groups is 1. The fraction of sp³-hybridized carbons (Fsp3) is 0.235. The number of carbonyl (C=O) groups excluding carboxylic acids is 1. The van der Waals surface area contributed by atoms with E-state index in [1.807, 2.05) is 24.3 Å². The fourth-order valence-corrected chi connectivity index (χ4v) is 2.94. The van der Waals surface area contributed by atoms with Gasteiger partial charge in [0.05, 0.1) is 11.4 Å². The van der Waals surface area contributed by atoms with E-state index in [1.165, 1.54) is 17.0 Å². The molecule has 0 aliphatic carbocycles. The molecule has 128 valence electrons.